The number of nitrogens with zero attached hydrogens (tertiary/aromatic N) is 2. The third-order valence-electron chi connectivity index (χ3n) is 3.10. The Morgan fingerprint density at radius 2 is 2.14 bits per heavy atom. The molecule has 1 aliphatic rings. The van der Waals surface area contributed by atoms with Gasteiger partial charge in [0.05, 0.1) is 19.4 Å². The summed E-state index contributed by atoms with van der Waals surface area (Å²) in [5.41, 5.74) is 6.04. The number of anilines is 1. The fraction of sp³-hybridized carbons (Fsp3) is 0.538. The standard InChI is InChI=1S/C13H20N3O4P/c1-3-19-21(18,20-4-2)9-11-7-10(11)8-16-6-5-12(14)15-13(16)17/h5-6,8,11H,3-4,7,9H2,1-2H3,(H2,14,15,17)/b10-8+. The average Bonchev–Trinajstić information content (AvgIpc) is 3.11. The number of hydrogen-bond donors (Lipinski definition) is 1. The van der Waals surface area contributed by atoms with E-state index < -0.39 is 13.3 Å². The maximum atomic E-state index is 12.4. The van der Waals surface area contributed by atoms with Gasteiger partial charge in [0, 0.05) is 12.4 Å². The molecule has 1 heterocycles. The number of hydrogen-bond acceptors (Lipinski definition) is 6. The van der Waals surface area contributed by atoms with Crippen LogP contribution in [0.5, 0.6) is 0 Å². The molecule has 21 heavy (non-hydrogen) atoms. The lowest BCUT2D eigenvalue weighted by Gasteiger charge is -2.16. The molecular formula is C13H20N3O4P. The maximum Gasteiger partial charge on any atom is 0.353 e. The van der Waals surface area contributed by atoms with Crippen LogP contribution in [0.25, 0.3) is 6.20 Å². The largest absolute Gasteiger partial charge is 0.383 e. The molecule has 1 aromatic rings. The predicted octanol–water partition coefficient (Wildman–Crippen LogP) is 1.95. The van der Waals surface area contributed by atoms with Crippen molar-refractivity contribution in [2.45, 2.75) is 20.3 Å². The number of allylic oxidation sites excluding steroid dienone is 1. The lowest BCUT2D eigenvalue weighted by molar-refractivity contribution is 0.219. The lowest BCUT2D eigenvalue weighted by Crippen LogP contribution is -2.19. The average molecular weight is 313 g/mol. The minimum absolute atomic E-state index is 0.124. The van der Waals surface area contributed by atoms with E-state index in [0.29, 0.717) is 19.4 Å². The van der Waals surface area contributed by atoms with Gasteiger partial charge in [0.25, 0.3) is 0 Å². The molecule has 0 saturated heterocycles. The smallest absolute Gasteiger partial charge is 0.353 e. The Morgan fingerprint density at radius 1 is 1.48 bits per heavy atom. The predicted molar refractivity (Wildman–Crippen MR) is 81.0 cm³/mol. The van der Waals surface area contributed by atoms with Crippen LogP contribution in [-0.2, 0) is 13.6 Å². The molecule has 8 heteroatoms. The molecule has 1 atom stereocenters. The summed E-state index contributed by atoms with van der Waals surface area (Å²) < 4.78 is 24.3. The summed E-state index contributed by atoms with van der Waals surface area (Å²) >= 11 is 0. The normalized spacial score (nSPS) is 19.9. The van der Waals surface area contributed by atoms with Crippen LogP contribution >= 0.6 is 7.60 Å². The molecule has 116 valence electrons. The van der Waals surface area contributed by atoms with Crippen molar-refractivity contribution in [1.82, 2.24) is 9.55 Å². The monoisotopic (exact) mass is 313 g/mol. The summed E-state index contributed by atoms with van der Waals surface area (Å²) in [6, 6.07) is 1.56. The van der Waals surface area contributed by atoms with Crippen LogP contribution in [0.2, 0.25) is 0 Å². The van der Waals surface area contributed by atoms with E-state index in [4.69, 9.17) is 14.8 Å². The second-order valence-electron chi connectivity index (χ2n) is 4.78. The molecule has 7 nitrogen and oxygen atoms in total. The zero-order valence-corrected chi connectivity index (χ0v) is 13.1. The van der Waals surface area contributed by atoms with Gasteiger partial charge in [0.2, 0.25) is 0 Å². The van der Waals surface area contributed by atoms with Crippen molar-refractivity contribution < 1.29 is 13.6 Å². The van der Waals surface area contributed by atoms with Gasteiger partial charge >= 0.3 is 13.3 Å². The van der Waals surface area contributed by atoms with Crippen LogP contribution in [0.4, 0.5) is 5.82 Å². The molecule has 0 spiro atoms. The highest BCUT2D eigenvalue weighted by atomic mass is 31.2. The van der Waals surface area contributed by atoms with E-state index in [1.807, 2.05) is 0 Å². The van der Waals surface area contributed by atoms with Gasteiger partial charge in [-0.25, -0.2) is 4.79 Å². The van der Waals surface area contributed by atoms with Crippen molar-refractivity contribution >= 4 is 19.6 Å². The number of aromatic nitrogens is 2. The van der Waals surface area contributed by atoms with E-state index in [-0.39, 0.29) is 11.7 Å². The maximum absolute atomic E-state index is 12.4. The minimum Gasteiger partial charge on any atom is -0.383 e. The van der Waals surface area contributed by atoms with E-state index >= 15 is 0 Å². The van der Waals surface area contributed by atoms with E-state index in [0.717, 1.165) is 12.0 Å². The summed E-state index contributed by atoms with van der Waals surface area (Å²) in [7, 11) is -3.04. The Balaban J connectivity index is 2.05. The Labute approximate surface area is 123 Å². The molecule has 1 saturated carbocycles. The summed E-state index contributed by atoms with van der Waals surface area (Å²) in [6.07, 6.45) is 4.40. The first-order valence-electron chi connectivity index (χ1n) is 6.90. The number of nitrogens with two attached hydrogens (primary N) is 1. The van der Waals surface area contributed by atoms with Crippen molar-refractivity contribution in [3.05, 3.63) is 28.3 Å². The molecule has 1 unspecified atom stereocenters. The van der Waals surface area contributed by atoms with Gasteiger partial charge in [0.15, 0.2) is 0 Å². The van der Waals surface area contributed by atoms with Crippen molar-refractivity contribution in [3.63, 3.8) is 0 Å². The first kappa shape index (κ1) is 15.9. The molecule has 0 aromatic carbocycles. The van der Waals surface area contributed by atoms with Crippen LogP contribution < -0.4 is 11.4 Å². The first-order chi connectivity index (χ1) is 9.97. The van der Waals surface area contributed by atoms with E-state index in [2.05, 4.69) is 4.98 Å². The van der Waals surface area contributed by atoms with Crippen LogP contribution in [0, 0.1) is 5.92 Å². The zero-order chi connectivity index (χ0) is 15.5. The molecule has 1 aromatic heterocycles. The van der Waals surface area contributed by atoms with Crippen LogP contribution in [0.15, 0.2) is 22.6 Å². The van der Waals surface area contributed by atoms with E-state index in [1.54, 1.807) is 32.3 Å². The van der Waals surface area contributed by atoms with Crippen molar-refractivity contribution in [2.75, 3.05) is 25.1 Å². The molecule has 1 aliphatic carbocycles. The first-order valence-corrected chi connectivity index (χ1v) is 8.63. The van der Waals surface area contributed by atoms with Crippen LogP contribution in [0.3, 0.4) is 0 Å². The molecule has 2 N–H and O–H groups in total. The van der Waals surface area contributed by atoms with Gasteiger partial charge in [0.1, 0.15) is 5.82 Å². The number of rotatable bonds is 7. The molecular weight excluding hydrogens is 293 g/mol. The third kappa shape index (κ3) is 4.27. The van der Waals surface area contributed by atoms with Gasteiger partial charge in [-0.05, 0) is 37.8 Å². The summed E-state index contributed by atoms with van der Waals surface area (Å²) in [6.45, 7) is 4.28. The topological polar surface area (TPSA) is 96.4 Å². The SMILES string of the molecule is CCOP(=O)(CC1C/C1=C\n1ccc(N)nc1=O)OCC. The van der Waals surface area contributed by atoms with Gasteiger partial charge in [-0.3, -0.25) is 9.13 Å². The van der Waals surface area contributed by atoms with Gasteiger partial charge < -0.3 is 14.8 Å². The fourth-order valence-corrected chi connectivity index (χ4v) is 4.05. The van der Waals surface area contributed by atoms with Crippen LogP contribution in [0.1, 0.15) is 20.3 Å². The minimum atomic E-state index is -3.04. The quantitative estimate of drug-likeness (QED) is 0.773. The van der Waals surface area contributed by atoms with Crippen molar-refractivity contribution in [3.8, 4) is 0 Å². The highest BCUT2D eigenvalue weighted by Gasteiger charge is 2.38. The lowest BCUT2D eigenvalue weighted by atomic mass is 10.4. The number of nitrogen functional groups attached to an aromatic ring is 1. The van der Waals surface area contributed by atoms with Crippen molar-refractivity contribution in [1.29, 1.82) is 0 Å². The van der Waals surface area contributed by atoms with Crippen LogP contribution in [-0.4, -0.2) is 28.9 Å². The summed E-state index contributed by atoms with van der Waals surface area (Å²) in [5.74, 6) is 0.317. The highest BCUT2D eigenvalue weighted by molar-refractivity contribution is 7.53. The van der Waals surface area contributed by atoms with E-state index in [9.17, 15) is 9.36 Å². The molecule has 0 amide bonds. The Kier molecular flexibility index (Phi) is 4.98. The third-order valence-corrected chi connectivity index (χ3v) is 5.29. The van der Waals surface area contributed by atoms with Crippen molar-refractivity contribution in [2.24, 2.45) is 5.92 Å². The van der Waals surface area contributed by atoms with E-state index in [1.165, 1.54) is 4.57 Å². The fourth-order valence-electron chi connectivity index (χ4n) is 2.07. The second-order valence-corrected chi connectivity index (χ2v) is 6.88. The van der Waals surface area contributed by atoms with Gasteiger partial charge in [-0.1, -0.05) is 0 Å². The molecule has 1 fully saturated rings. The second kappa shape index (κ2) is 6.56. The molecule has 0 aliphatic heterocycles. The summed E-state index contributed by atoms with van der Waals surface area (Å²) in [4.78, 5) is 15.3. The zero-order valence-electron chi connectivity index (χ0n) is 12.2. The Morgan fingerprint density at radius 3 is 2.71 bits per heavy atom. The highest BCUT2D eigenvalue weighted by Crippen LogP contribution is 2.55. The Hall–Kier alpha value is -1.43. The molecule has 0 radical (unpaired) electrons. The van der Waals surface area contributed by atoms with Gasteiger partial charge in [-0.15, -0.1) is 0 Å². The molecule has 2 rings (SSSR count). The molecule has 0 bridgehead atoms. The Bertz CT molecular complexity index is 631. The van der Waals surface area contributed by atoms with Gasteiger partial charge in [-0.2, -0.15) is 4.98 Å². The summed E-state index contributed by atoms with van der Waals surface area (Å²) in [5, 5.41) is 0.